The second-order valence-corrected chi connectivity index (χ2v) is 1.54. The van der Waals surface area contributed by atoms with Crippen LogP contribution in [0, 0.1) is 0 Å². The van der Waals surface area contributed by atoms with Gasteiger partial charge in [0.15, 0.2) is 5.78 Å². The summed E-state index contributed by atoms with van der Waals surface area (Å²) in [7, 11) is 0. The van der Waals surface area contributed by atoms with Crippen LogP contribution in [0.2, 0.25) is 0 Å². The molecule has 1 N–H and O–H groups in total. The van der Waals surface area contributed by atoms with Crippen molar-refractivity contribution in [3.63, 3.8) is 0 Å². The normalized spacial score (nSPS) is 7.90. The number of ketones is 1. The summed E-state index contributed by atoms with van der Waals surface area (Å²) in [6, 6.07) is 0. The number of Topliss-reactive ketones (excluding diaryl/α,β-unsaturated/α-hetero) is 1. The molecule has 0 aliphatic carbocycles. The number of hydrogen-bond acceptors (Lipinski definition) is 2. The molecule has 0 bridgehead atoms. The second kappa shape index (κ2) is 4.73. The summed E-state index contributed by atoms with van der Waals surface area (Å²) >= 11 is 0. The molecule has 0 radical (unpaired) electrons. The Labute approximate surface area is 60.5 Å². The van der Waals surface area contributed by atoms with Crippen molar-refractivity contribution in [1.29, 1.82) is 0 Å². The highest BCUT2D eigenvalue weighted by atomic mass is 16.1. The van der Waals surface area contributed by atoms with Crippen LogP contribution in [0.3, 0.4) is 0 Å². The fourth-order valence-corrected chi connectivity index (χ4v) is 0.443. The Kier molecular flexibility index (Phi) is 4.20. The minimum atomic E-state index is 0.0405. The maximum Gasteiger partial charge on any atom is 0.162 e. The van der Waals surface area contributed by atoms with Gasteiger partial charge in [-0.2, -0.15) is 5.10 Å². The first kappa shape index (κ1) is 8.88. The number of aromatic nitrogens is 2. The molecule has 0 amide bonds. The Bertz CT molecular complexity index is 179. The van der Waals surface area contributed by atoms with Crippen molar-refractivity contribution < 1.29 is 4.79 Å². The smallest absolute Gasteiger partial charge is 0.162 e. The summed E-state index contributed by atoms with van der Waals surface area (Å²) in [6.07, 6.45) is 3.07. The van der Waals surface area contributed by atoms with E-state index in [-0.39, 0.29) is 5.78 Å². The average Bonchev–Trinajstić information content (AvgIpc) is 2.42. The lowest BCUT2D eigenvalue weighted by atomic mass is 10.3. The first-order valence-electron chi connectivity index (χ1n) is 3.30. The van der Waals surface area contributed by atoms with Crippen molar-refractivity contribution in [2.45, 2.75) is 20.8 Å². The highest BCUT2D eigenvalue weighted by Crippen LogP contribution is 1.92. The van der Waals surface area contributed by atoms with Gasteiger partial charge in [0.1, 0.15) is 0 Å². The lowest BCUT2D eigenvalue weighted by Gasteiger charge is -1.77. The summed E-state index contributed by atoms with van der Waals surface area (Å²) in [5, 5.41) is 6.14. The minimum absolute atomic E-state index is 0.0405. The van der Waals surface area contributed by atoms with Crippen LogP contribution in [0.1, 0.15) is 31.1 Å². The van der Waals surface area contributed by atoms with E-state index in [1.807, 2.05) is 13.8 Å². The van der Waals surface area contributed by atoms with Crippen LogP contribution >= 0.6 is 0 Å². The monoisotopic (exact) mass is 140 g/mol. The van der Waals surface area contributed by atoms with Gasteiger partial charge in [0.25, 0.3) is 0 Å². The van der Waals surface area contributed by atoms with E-state index in [4.69, 9.17) is 0 Å². The molecule has 1 aromatic rings. The summed E-state index contributed by atoms with van der Waals surface area (Å²) in [4.78, 5) is 10.4. The van der Waals surface area contributed by atoms with Crippen molar-refractivity contribution in [3.05, 3.63) is 18.0 Å². The van der Waals surface area contributed by atoms with E-state index in [1.165, 1.54) is 13.1 Å². The van der Waals surface area contributed by atoms with Crippen LogP contribution in [0.5, 0.6) is 0 Å². The van der Waals surface area contributed by atoms with Crippen LogP contribution in [-0.4, -0.2) is 16.0 Å². The Morgan fingerprint density at radius 1 is 1.60 bits per heavy atom. The number of carbonyl (C=O) groups excluding carboxylic acids is 1. The predicted octanol–water partition coefficient (Wildman–Crippen LogP) is 1.64. The third kappa shape index (κ3) is 2.44. The Hall–Kier alpha value is -1.12. The van der Waals surface area contributed by atoms with E-state index >= 15 is 0 Å². The van der Waals surface area contributed by atoms with Crippen LogP contribution in [0.4, 0.5) is 0 Å². The van der Waals surface area contributed by atoms with Crippen molar-refractivity contribution in [2.24, 2.45) is 0 Å². The zero-order valence-electron chi connectivity index (χ0n) is 6.51. The number of rotatable bonds is 1. The average molecular weight is 140 g/mol. The van der Waals surface area contributed by atoms with Crippen molar-refractivity contribution in [2.75, 3.05) is 0 Å². The topological polar surface area (TPSA) is 45.8 Å². The second-order valence-electron chi connectivity index (χ2n) is 1.54. The number of nitrogens with zero attached hydrogens (tertiary/aromatic N) is 1. The standard InChI is InChI=1S/C5H6N2O.C2H6/c1-4(8)5-2-6-7-3-5;1-2/h2-3H,1H3,(H,6,7);1-2H3. The highest BCUT2D eigenvalue weighted by Gasteiger charge is 1.95. The van der Waals surface area contributed by atoms with Gasteiger partial charge in [-0.3, -0.25) is 9.89 Å². The Morgan fingerprint density at radius 2 is 2.20 bits per heavy atom. The summed E-state index contributed by atoms with van der Waals surface area (Å²) < 4.78 is 0. The quantitative estimate of drug-likeness (QED) is 0.603. The lowest BCUT2D eigenvalue weighted by molar-refractivity contribution is 0.101. The van der Waals surface area contributed by atoms with Crippen LogP contribution in [0.25, 0.3) is 0 Å². The van der Waals surface area contributed by atoms with Crippen LogP contribution in [0.15, 0.2) is 12.4 Å². The van der Waals surface area contributed by atoms with E-state index in [0.717, 1.165) is 0 Å². The molecule has 10 heavy (non-hydrogen) atoms. The molecule has 3 nitrogen and oxygen atoms in total. The Morgan fingerprint density at radius 3 is 2.40 bits per heavy atom. The Balaban J connectivity index is 0.000000371. The molecule has 1 heterocycles. The summed E-state index contributed by atoms with van der Waals surface area (Å²) in [5.41, 5.74) is 0.630. The zero-order chi connectivity index (χ0) is 7.98. The molecule has 1 aromatic heterocycles. The molecule has 0 aliphatic rings. The van der Waals surface area contributed by atoms with Crippen molar-refractivity contribution >= 4 is 5.78 Å². The first-order chi connectivity index (χ1) is 4.80. The van der Waals surface area contributed by atoms with Gasteiger partial charge in [-0.25, -0.2) is 0 Å². The summed E-state index contributed by atoms with van der Waals surface area (Å²) in [5.74, 6) is 0.0405. The summed E-state index contributed by atoms with van der Waals surface area (Å²) in [6.45, 7) is 5.50. The molecule has 0 unspecified atom stereocenters. The maximum atomic E-state index is 10.4. The first-order valence-corrected chi connectivity index (χ1v) is 3.30. The zero-order valence-corrected chi connectivity index (χ0v) is 6.51. The molecule has 1 rings (SSSR count). The molecule has 0 spiro atoms. The predicted molar refractivity (Wildman–Crippen MR) is 39.9 cm³/mol. The SMILES string of the molecule is CC.CC(=O)c1cn[nH]c1. The number of H-pyrrole nitrogens is 1. The molecule has 0 saturated carbocycles. The molecular formula is C7H12N2O. The minimum Gasteiger partial charge on any atom is -0.294 e. The van der Waals surface area contributed by atoms with Gasteiger partial charge in [0.05, 0.1) is 11.8 Å². The molecule has 56 valence electrons. The fraction of sp³-hybridized carbons (Fsp3) is 0.429. The van der Waals surface area contributed by atoms with Gasteiger partial charge >= 0.3 is 0 Å². The van der Waals surface area contributed by atoms with E-state index in [0.29, 0.717) is 5.56 Å². The lowest BCUT2D eigenvalue weighted by Crippen LogP contribution is -1.85. The van der Waals surface area contributed by atoms with Crippen molar-refractivity contribution in [3.8, 4) is 0 Å². The number of nitrogens with one attached hydrogen (secondary N) is 1. The van der Waals surface area contributed by atoms with Gasteiger partial charge in [-0.1, -0.05) is 13.8 Å². The fourth-order valence-electron chi connectivity index (χ4n) is 0.443. The highest BCUT2D eigenvalue weighted by molar-refractivity contribution is 5.93. The van der Waals surface area contributed by atoms with Crippen LogP contribution < -0.4 is 0 Å². The molecule has 3 heteroatoms. The molecule has 0 aliphatic heterocycles. The molecular weight excluding hydrogens is 128 g/mol. The molecule has 0 atom stereocenters. The molecule has 0 aromatic carbocycles. The number of aromatic amines is 1. The largest absolute Gasteiger partial charge is 0.294 e. The third-order valence-electron chi connectivity index (χ3n) is 0.905. The number of hydrogen-bond donors (Lipinski definition) is 1. The van der Waals surface area contributed by atoms with Gasteiger partial charge in [0, 0.05) is 6.20 Å². The van der Waals surface area contributed by atoms with Gasteiger partial charge in [0.2, 0.25) is 0 Å². The third-order valence-corrected chi connectivity index (χ3v) is 0.905. The van der Waals surface area contributed by atoms with Gasteiger partial charge in [-0.15, -0.1) is 0 Å². The van der Waals surface area contributed by atoms with E-state index in [9.17, 15) is 4.79 Å². The van der Waals surface area contributed by atoms with Crippen molar-refractivity contribution in [1.82, 2.24) is 10.2 Å². The molecule has 0 saturated heterocycles. The van der Waals surface area contributed by atoms with Crippen LogP contribution in [-0.2, 0) is 0 Å². The van der Waals surface area contributed by atoms with E-state index in [2.05, 4.69) is 10.2 Å². The molecule has 0 fully saturated rings. The van der Waals surface area contributed by atoms with Gasteiger partial charge in [-0.05, 0) is 6.92 Å². The maximum absolute atomic E-state index is 10.4. The van der Waals surface area contributed by atoms with Gasteiger partial charge < -0.3 is 0 Å². The number of carbonyl (C=O) groups is 1. The van der Waals surface area contributed by atoms with E-state index < -0.39 is 0 Å². The van der Waals surface area contributed by atoms with E-state index in [1.54, 1.807) is 6.20 Å².